The Bertz CT molecular complexity index is 498. The van der Waals surface area contributed by atoms with Crippen molar-refractivity contribution in [3.63, 3.8) is 0 Å². The fourth-order valence-electron chi connectivity index (χ4n) is 1.31. The molecule has 6 nitrogen and oxygen atoms in total. The maximum atomic E-state index is 11.6. The number of thioether (sulfide) groups is 1. The number of benzene rings is 1. The maximum absolute atomic E-state index is 11.6. The lowest BCUT2D eigenvalue weighted by Gasteiger charge is -2.10. The second-order valence-electron chi connectivity index (χ2n) is 3.75. The summed E-state index contributed by atoms with van der Waals surface area (Å²) in [5.74, 6) is -1.13. The van der Waals surface area contributed by atoms with E-state index >= 15 is 0 Å². The van der Waals surface area contributed by atoms with Crippen LogP contribution in [0.3, 0.4) is 0 Å². The Morgan fingerprint density at radius 2 is 2.20 bits per heavy atom. The number of rotatable bonds is 8. The van der Waals surface area contributed by atoms with Crippen LogP contribution in [0.25, 0.3) is 0 Å². The predicted octanol–water partition coefficient (Wildman–Crippen LogP) is 1.32. The summed E-state index contributed by atoms with van der Waals surface area (Å²) >= 11 is 4.43. The summed E-state index contributed by atoms with van der Waals surface area (Å²) < 4.78 is 0.851. The molecule has 0 aliphatic heterocycles. The van der Waals surface area contributed by atoms with E-state index in [1.807, 2.05) is 6.07 Å². The van der Waals surface area contributed by atoms with Gasteiger partial charge in [-0.05, 0) is 18.2 Å². The van der Waals surface area contributed by atoms with Gasteiger partial charge in [0.05, 0.1) is 5.75 Å². The monoisotopic (exact) mass is 360 g/mol. The van der Waals surface area contributed by atoms with Crippen LogP contribution in [-0.2, 0) is 14.4 Å². The van der Waals surface area contributed by atoms with Crippen LogP contribution in [-0.4, -0.2) is 40.9 Å². The van der Waals surface area contributed by atoms with E-state index in [1.165, 1.54) is 0 Å². The summed E-state index contributed by atoms with van der Waals surface area (Å²) in [5.41, 5.74) is 0.658. The number of aliphatic carboxylic acids is 1. The van der Waals surface area contributed by atoms with Crippen LogP contribution in [0.4, 0.5) is 5.69 Å². The zero-order valence-corrected chi connectivity index (χ0v) is 12.7. The zero-order valence-electron chi connectivity index (χ0n) is 10.3. The number of carboxylic acids is 1. The topological polar surface area (TPSA) is 95.5 Å². The van der Waals surface area contributed by atoms with Crippen LogP contribution in [0.5, 0.6) is 0 Å². The number of hydrogen-bond donors (Lipinski definition) is 3. The van der Waals surface area contributed by atoms with Gasteiger partial charge in [0.15, 0.2) is 0 Å². The van der Waals surface area contributed by atoms with Gasteiger partial charge in [0.2, 0.25) is 12.3 Å². The average Bonchev–Trinajstić information content (AvgIpc) is 2.37. The van der Waals surface area contributed by atoms with Gasteiger partial charge >= 0.3 is 5.97 Å². The minimum atomic E-state index is -1.13. The van der Waals surface area contributed by atoms with Crippen molar-refractivity contribution in [1.82, 2.24) is 5.32 Å². The minimum Gasteiger partial charge on any atom is -0.480 e. The van der Waals surface area contributed by atoms with Crippen molar-refractivity contribution in [1.29, 1.82) is 0 Å². The van der Waals surface area contributed by atoms with E-state index < -0.39 is 12.0 Å². The molecule has 0 bridgehead atoms. The first-order valence-electron chi connectivity index (χ1n) is 5.58. The number of halogens is 1. The van der Waals surface area contributed by atoms with E-state index in [2.05, 4.69) is 26.6 Å². The quantitative estimate of drug-likeness (QED) is 0.607. The molecule has 0 fully saturated rings. The number of carbonyl (C=O) groups is 3. The van der Waals surface area contributed by atoms with Gasteiger partial charge in [-0.15, -0.1) is 11.8 Å². The molecule has 108 valence electrons. The number of amides is 2. The van der Waals surface area contributed by atoms with Gasteiger partial charge in [-0.25, -0.2) is 4.79 Å². The van der Waals surface area contributed by atoms with Crippen molar-refractivity contribution in [2.24, 2.45) is 0 Å². The summed E-state index contributed by atoms with van der Waals surface area (Å²) in [6.45, 7) is 0. The molecule has 1 atom stereocenters. The summed E-state index contributed by atoms with van der Waals surface area (Å²) in [5, 5.41) is 13.7. The highest BCUT2D eigenvalue weighted by Gasteiger charge is 2.16. The molecular formula is C12H13BrN2O4S. The number of carboxylic acid groups (broad SMARTS) is 1. The van der Waals surface area contributed by atoms with Crippen LogP contribution in [0.1, 0.15) is 0 Å². The molecule has 0 radical (unpaired) electrons. The highest BCUT2D eigenvalue weighted by atomic mass is 79.9. The molecule has 1 unspecified atom stereocenters. The fourth-order valence-corrected chi connectivity index (χ4v) is 2.55. The standard InChI is InChI=1S/C12H13BrN2O4S/c13-8-2-1-3-9(4-8)15-11(17)6-20-5-10(12(18)19)14-7-16/h1-4,7,10H,5-6H2,(H,14,16)(H,15,17)(H,18,19). The lowest BCUT2D eigenvalue weighted by atomic mass is 10.3. The van der Waals surface area contributed by atoms with Crippen molar-refractivity contribution in [3.8, 4) is 0 Å². The normalized spacial score (nSPS) is 11.4. The summed E-state index contributed by atoms with van der Waals surface area (Å²) in [7, 11) is 0. The summed E-state index contributed by atoms with van der Waals surface area (Å²) in [4.78, 5) is 32.6. The zero-order chi connectivity index (χ0) is 15.0. The van der Waals surface area contributed by atoms with Crippen LogP contribution in [0.15, 0.2) is 28.7 Å². The molecular weight excluding hydrogens is 348 g/mol. The Balaban J connectivity index is 2.36. The lowest BCUT2D eigenvalue weighted by Crippen LogP contribution is -2.38. The smallest absolute Gasteiger partial charge is 0.327 e. The molecule has 1 aromatic carbocycles. The third kappa shape index (κ3) is 6.07. The van der Waals surface area contributed by atoms with Crippen LogP contribution in [0.2, 0.25) is 0 Å². The van der Waals surface area contributed by atoms with E-state index in [-0.39, 0.29) is 17.4 Å². The van der Waals surface area contributed by atoms with Gasteiger partial charge in [0, 0.05) is 15.9 Å². The number of hydrogen-bond acceptors (Lipinski definition) is 4. The Morgan fingerprint density at radius 3 is 2.80 bits per heavy atom. The van der Waals surface area contributed by atoms with Crippen molar-refractivity contribution >= 4 is 51.7 Å². The molecule has 0 aliphatic carbocycles. The van der Waals surface area contributed by atoms with Gasteiger partial charge in [0.1, 0.15) is 6.04 Å². The molecule has 0 saturated heterocycles. The highest BCUT2D eigenvalue weighted by molar-refractivity contribution is 9.10. The van der Waals surface area contributed by atoms with Gasteiger partial charge in [-0.2, -0.15) is 0 Å². The highest BCUT2D eigenvalue weighted by Crippen LogP contribution is 2.16. The fraction of sp³-hybridized carbons (Fsp3) is 0.250. The molecule has 1 aromatic rings. The van der Waals surface area contributed by atoms with E-state index in [9.17, 15) is 14.4 Å². The van der Waals surface area contributed by atoms with Crippen molar-refractivity contribution in [2.75, 3.05) is 16.8 Å². The lowest BCUT2D eigenvalue weighted by molar-refractivity contribution is -0.139. The Hall–Kier alpha value is -1.54. The van der Waals surface area contributed by atoms with E-state index in [4.69, 9.17) is 5.11 Å². The first-order chi connectivity index (χ1) is 9.52. The first kappa shape index (κ1) is 16.5. The third-order valence-electron chi connectivity index (χ3n) is 2.19. The molecule has 0 heterocycles. The molecule has 2 amide bonds. The molecule has 0 aliphatic rings. The van der Waals surface area contributed by atoms with Crippen LogP contribution in [0, 0.1) is 0 Å². The summed E-state index contributed by atoms with van der Waals surface area (Å²) in [6.07, 6.45) is 0.334. The van der Waals surface area contributed by atoms with Crippen LogP contribution >= 0.6 is 27.7 Å². The molecule has 8 heteroatoms. The average molecular weight is 361 g/mol. The first-order valence-corrected chi connectivity index (χ1v) is 7.53. The number of anilines is 1. The molecule has 0 spiro atoms. The molecule has 0 aromatic heterocycles. The number of nitrogens with one attached hydrogen (secondary N) is 2. The van der Waals surface area contributed by atoms with Gasteiger partial charge in [0.25, 0.3) is 0 Å². The molecule has 1 rings (SSSR count). The van der Waals surface area contributed by atoms with Crippen LogP contribution < -0.4 is 10.6 Å². The molecule has 20 heavy (non-hydrogen) atoms. The Kier molecular flexibility index (Phi) is 7.10. The molecule has 0 saturated carbocycles. The Morgan fingerprint density at radius 1 is 1.45 bits per heavy atom. The second kappa shape index (κ2) is 8.60. The van der Waals surface area contributed by atoms with Gasteiger partial charge in [-0.1, -0.05) is 22.0 Å². The maximum Gasteiger partial charge on any atom is 0.327 e. The molecule has 3 N–H and O–H groups in total. The Labute approximate surface area is 128 Å². The largest absolute Gasteiger partial charge is 0.480 e. The van der Waals surface area contributed by atoms with Crippen molar-refractivity contribution in [2.45, 2.75) is 6.04 Å². The third-order valence-corrected chi connectivity index (χ3v) is 3.72. The van der Waals surface area contributed by atoms with Gasteiger partial charge < -0.3 is 15.7 Å². The van der Waals surface area contributed by atoms with E-state index in [0.29, 0.717) is 12.1 Å². The van der Waals surface area contributed by atoms with Gasteiger partial charge in [-0.3, -0.25) is 9.59 Å². The SMILES string of the molecule is O=CNC(CSCC(=O)Nc1cccc(Br)c1)C(=O)O. The predicted molar refractivity (Wildman–Crippen MR) is 80.7 cm³/mol. The van der Waals surface area contributed by atoms with Crippen molar-refractivity contribution < 1.29 is 19.5 Å². The van der Waals surface area contributed by atoms with Crippen molar-refractivity contribution in [3.05, 3.63) is 28.7 Å². The second-order valence-corrected chi connectivity index (χ2v) is 5.69. The summed E-state index contributed by atoms with van der Waals surface area (Å²) in [6, 6.07) is 6.16. The van der Waals surface area contributed by atoms with E-state index in [1.54, 1.807) is 18.2 Å². The van der Waals surface area contributed by atoms with E-state index in [0.717, 1.165) is 16.2 Å². The minimum absolute atomic E-state index is 0.108. The number of carbonyl (C=O) groups excluding carboxylic acids is 2.